The van der Waals surface area contributed by atoms with Crippen LogP contribution in [0.15, 0.2) is 0 Å². The summed E-state index contributed by atoms with van der Waals surface area (Å²) in [5.74, 6) is -2.56. The maximum Gasteiger partial charge on any atom is 0.217 e. The lowest BCUT2D eigenvalue weighted by atomic mass is 9.93. The zero-order valence-electron chi connectivity index (χ0n) is 46.5. The number of hydrogen-bond acceptors (Lipinski definition) is 35. The Kier molecular flexibility index (Phi) is 25.0. The van der Waals surface area contributed by atoms with Gasteiger partial charge in [-0.25, -0.2) is 0 Å². The predicted octanol–water partition coefficient (Wildman–Crippen LogP) is -14.8. The number of carbonyl (C=O) groups excluding carboxylic acids is 3. The average molecular weight is 1260 g/mol. The van der Waals surface area contributed by atoms with E-state index in [-0.39, 0.29) is 0 Å². The van der Waals surface area contributed by atoms with Crippen molar-refractivity contribution in [3.63, 3.8) is 0 Å². The summed E-state index contributed by atoms with van der Waals surface area (Å²) in [6.07, 6.45) is -61.3. The SMILES string of the molecule is CC(=O)N[C@@H]1[C@@H](O[C@@H]2O[C@H](CO)[C@H](O)[C@H](O)[C@H]2O)[C@@H](O)[C@@H](CO[C@@H]2O[C@H](CO)[C@@H](O[C@@H]3O[C@H](CO)[C@H](O)[C@H](O[C@@H]4O[C@H](CO)[C@@H](O)[C@H](O[C@@H]5O[C@H](CO)[C@H](O)[C@H](O)[C@H]5O)[C@H]4NC(C)=O)[C@H]3O)[C@H](O[C@@H]3O[C@@H](C)[C@@H](O)[C@@H](O)[C@@H]3O)[C@H]2NC(C)=O)O[C@@H]1O. The molecule has 7 heterocycles. The van der Waals surface area contributed by atoms with Crippen LogP contribution in [0.3, 0.4) is 0 Å². The molecule has 7 saturated heterocycles. The summed E-state index contributed by atoms with van der Waals surface area (Å²) >= 11 is 0. The third kappa shape index (κ3) is 15.4. The number of amides is 3. The maximum atomic E-state index is 13.2. The quantitative estimate of drug-likeness (QED) is 0.0507. The molecule has 0 saturated carbocycles. The van der Waals surface area contributed by atoms with Crippen LogP contribution in [0, 0.1) is 0 Å². The topological polar surface area (TPSA) is 592 Å². The minimum Gasteiger partial charge on any atom is -0.394 e. The lowest BCUT2D eigenvalue weighted by Gasteiger charge is -2.51. The number of nitrogens with one attached hydrogen (secondary N) is 3. The van der Waals surface area contributed by atoms with Gasteiger partial charge in [0.15, 0.2) is 44.0 Å². The van der Waals surface area contributed by atoms with Gasteiger partial charge in [0, 0.05) is 20.8 Å². The van der Waals surface area contributed by atoms with E-state index in [2.05, 4.69) is 16.0 Å². The molecule has 0 aliphatic carbocycles. The molecular weight excluding hydrogens is 1180 g/mol. The lowest BCUT2D eigenvalue weighted by molar-refractivity contribution is -0.388. The summed E-state index contributed by atoms with van der Waals surface area (Å²) in [6.45, 7) is -1.66. The Morgan fingerprint density at radius 2 is 0.663 bits per heavy atom. The number of carbonyl (C=O) groups is 3. The molecule has 7 aliphatic heterocycles. The van der Waals surface area contributed by atoms with Gasteiger partial charge in [-0.3, -0.25) is 14.4 Å². The number of aliphatic hydroxyl groups is 19. The first-order valence-corrected chi connectivity index (χ1v) is 27.5. The second kappa shape index (κ2) is 30.5. The zero-order valence-corrected chi connectivity index (χ0v) is 46.5. The summed E-state index contributed by atoms with van der Waals surface area (Å²) in [4.78, 5) is 38.3. The highest BCUT2D eigenvalue weighted by Crippen LogP contribution is 2.38. The maximum absolute atomic E-state index is 13.2. The standard InChI is InChI=1S/C48H81N3O35/c1-11-24(60)30(66)33(69)45(75-11)85-40-23(51-14(4)59)43(74-10-20-29(65)38(21(42(73)76-20)49-12(2)57)83-46-34(70)31(67)25(61)15(5-52)78-46)81-19(9-56)37(40)82-48-36(72)41(28(64)18(8-55)80-48)86-44-22(50-13(3)58)39(27(63)17(7-54)77-44)84-47-35(71)32(68)26(62)16(6-53)79-47/h11,15-48,52-56,60-73H,5-10H2,1-4H3,(H,49,57)(H,50,58)(H,51,59)/t11-,15+,16+,17+,18+,19+,20+,21+,22+,23+,24+,25-,26-,27+,28-,29-,30+,31-,32-,33-,34+,35+,36+,37+,38+,39+,40+,41-,42-,43+,44-,45-,46-,47-,48-/m0/s1. The van der Waals surface area contributed by atoms with Crippen molar-refractivity contribution in [3.8, 4) is 0 Å². The van der Waals surface area contributed by atoms with E-state index in [1.165, 1.54) is 6.92 Å². The van der Waals surface area contributed by atoms with E-state index in [1.54, 1.807) is 0 Å². The molecule has 7 aliphatic rings. The Balaban J connectivity index is 1.19. The van der Waals surface area contributed by atoms with Gasteiger partial charge >= 0.3 is 0 Å². The van der Waals surface area contributed by atoms with E-state index in [4.69, 9.17) is 61.6 Å². The fourth-order valence-electron chi connectivity index (χ4n) is 11.0. The number of hydrogen-bond donors (Lipinski definition) is 22. The summed E-state index contributed by atoms with van der Waals surface area (Å²) in [6, 6.07) is -5.26. The average Bonchev–Trinajstić information content (AvgIpc) is 1.80. The minimum atomic E-state index is -2.32. The van der Waals surface area contributed by atoms with Gasteiger partial charge in [-0.15, -0.1) is 0 Å². The number of aliphatic hydroxyl groups excluding tert-OH is 19. The molecule has 35 atom stereocenters. The van der Waals surface area contributed by atoms with E-state index in [0.717, 1.165) is 20.8 Å². The van der Waals surface area contributed by atoms with Gasteiger partial charge in [0.2, 0.25) is 17.7 Å². The molecule has 0 aromatic carbocycles. The Labute approximate surface area is 488 Å². The normalized spacial score (nSPS) is 49.4. The molecule has 0 spiro atoms. The van der Waals surface area contributed by atoms with Gasteiger partial charge in [0.1, 0.15) is 165 Å². The molecule has 3 amide bonds. The first-order valence-electron chi connectivity index (χ1n) is 27.5. The summed E-state index contributed by atoms with van der Waals surface area (Å²) in [7, 11) is 0. The first-order chi connectivity index (χ1) is 40.6. The van der Waals surface area contributed by atoms with Crippen LogP contribution in [0.2, 0.25) is 0 Å². The molecule has 0 bridgehead atoms. The van der Waals surface area contributed by atoms with Gasteiger partial charge in [0.25, 0.3) is 0 Å². The highest BCUT2D eigenvalue weighted by Gasteiger charge is 2.59. The van der Waals surface area contributed by atoms with Crippen LogP contribution in [-0.2, 0) is 76.0 Å². The monoisotopic (exact) mass is 1260 g/mol. The van der Waals surface area contributed by atoms with E-state index < -0.39 is 272 Å². The van der Waals surface area contributed by atoms with Crippen LogP contribution in [0.4, 0.5) is 0 Å². The molecule has 38 nitrogen and oxygen atoms in total. The van der Waals surface area contributed by atoms with Gasteiger partial charge in [-0.1, -0.05) is 0 Å². The van der Waals surface area contributed by atoms with Gasteiger partial charge < -0.3 is 175 Å². The van der Waals surface area contributed by atoms with Crippen LogP contribution in [0.1, 0.15) is 27.7 Å². The van der Waals surface area contributed by atoms with Crippen LogP contribution >= 0.6 is 0 Å². The van der Waals surface area contributed by atoms with Gasteiger partial charge in [-0.05, 0) is 6.92 Å². The minimum absolute atomic E-state index is 0.795. The van der Waals surface area contributed by atoms with Crippen molar-refractivity contribution in [2.24, 2.45) is 0 Å². The third-order valence-electron chi connectivity index (χ3n) is 15.7. The smallest absolute Gasteiger partial charge is 0.217 e. The fourth-order valence-corrected chi connectivity index (χ4v) is 11.0. The van der Waals surface area contributed by atoms with Crippen molar-refractivity contribution >= 4 is 17.7 Å². The zero-order chi connectivity index (χ0) is 63.5. The molecule has 0 radical (unpaired) electrons. The highest BCUT2D eigenvalue weighted by atomic mass is 16.8. The molecular formula is C48H81N3O35. The first kappa shape index (κ1) is 70.6. The van der Waals surface area contributed by atoms with Crippen molar-refractivity contribution in [2.75, 3.05) is 39.6 Å². The Bertz CT molecular complexity index is 2170. The predicted molar refractivity (Wildman–Crippen MR) is 265 cm³/mol. The van der Waals surface area contributed by atoms with Crippen LogP contribution in [0.5, 0.6) is 0 Å². The Hall–Kier alpha value is -2.87. The largest absolute Gasteiger partial charge is 0.394 e. The fraction of sp³-hybridized carbons (Fsp3) is 0.938. The molecule has 0 aromatic heterocycles. The van der Waals surface area contributed by atoms with E-state index in [1.807, 2.05) is 0 Å². The lowest BCUT2D eigenvalue weighted by Crippen LogP contribution is -2.71. The highest BCUT2D eigenvalue weighted by molar-refractivity contribution is 5.74. The third-order valence-corrected chi connectivity index (χ3v) is 15.7. The summed E-state index contributed by atoms with van der Waals surface area (Å²) < 4.78 is 76.4. The van der Waals surface area contributed by atoms with Crippen LogP contribution in [-0.4, -0.2) is 369 Å². The molecule has 7 rings (SSSR count). The van der Waals surface area contributed by atoms with Crippen molar-refractivity contribution in [3.05, 3.63) is 0 Å². The van der Waals surface area contributed by atoms with E-state index in [9.17, 15) is 111 Å². The second-order valence-electron chi connectivity index (χ2n) is 21.8. The summed E-state index contributed by atoms with van der Waals surface area (Å²) in [5, 5.41) is 213. The molecule has 0 aromatic rings. The van der Waals surface area contributed by atoms with Crippen molar-refractivity contribution in [1.29, 1.82) is 0 Å². The van der Waals surface area contributed by atoms with Gasteiger partial charge in [-0.2, -0.15) is 0 Å². The van der Waals surface area contributed by atoms with Crippen LogP contribution in [0.25, 0.3) is 0 Å². The van der Waals surface area contributed by atoms with Crippen LogP contribution < -0.4 is 16.0 Å². The Morgan fingerprint density at radius 1 is 0.326 bits per heavy atom. The van der Waals surface area contributed by atoms with Crippen molar-refractivity contribution in [1.82, 2.24) is 16.0 Å². The van der Waals surface area contributed by atoms with Gasteiger partial charge in [0.05, 0.1) is 45.7 Å². The summed E-state index contributed by atoms with van der Waals surface area (Å²) in [5.41, 5.74) is 0. The molecule has 0 unspecified atom stereocenters. The second-order valence-corrected chi connectivity index (χ2v) is 21.8. The molecule has 38 heteroatoms. The van der Waals surface area contributed by atoms with Crippen molar-refractivity contribution in [2.45, 2.75) is 242 Å². The molecule has 22 N–H and O–H groups in total. The Morgan fingerprint density at radius 3 is 1.14 bits per heavy atom. The number of ether oxygens (including phenoxy) is 13. The number of rotatable bonds is 21. The molecule has 86 heavy (non-hydrogen) atoms. The molecule has 498 valence electrons. The van der Waals surface area contributed by atoms with Crippen molar-refractivity contribution < 1.29 is 173 Å². The van der Waals surface area contributed by atoms with E-state index >= 15 is 0 Å². The van der Waals surface area contributed by atoms with E-state index in [0.29, 0.717) is 0 Å². The molecule has 7 fully saturated rings.